The topological polar surface area (TPSA) is 51.6 Å². The maximum atomic E-state index is 5.31. The highest BCUT2D eigenvalue weighted by molar-refractivity contribution is 6.10. The van der Waals surface area contributed by atoms with Crippen LogP contribution >= 0.6 is 0 Å². The molecule has 0 fully saturated rings. The summed E-state index contributed by atoms with van der Waals surface area (Å²) in [5.74, 6) is 0.682. The quantitative estimate of drug-likeness (QED) is 0.144. The smallest absolute Gasteiger partial charge is 0.160 e. The molecule has 0 spiro atoms. The van der Waals surface area contributed by atoms with Crippen LogP contribution in [0.2, 0.25) is 0 Å². The number of hydrogen-bond acceptors (Lipinski definition) is 4. The van der Waals surface area contributed by atoms with Crippen LogP contribution in [0, 0.1) is 0 Å². The van der Waals surface area contributed by atoms with Crippen molar-refractivity contribution in [2.75, 3.05) is 0 Å². The molecular weight excluding hydrogens is 753 g/mol. The Kier molecular flexibility index (Phi) is 9.49. The second kappa shape index (κ2) is 16.0. The molecule has 4 heteroatoms. The molecule has 0 amide bonds. The number of aromatic nitrogens is 4. The van der Waals surface area contributed by atoms with Crippen LogP contribution in [-0.4, -0.2) is 19.9 Å². The van der Waals surface area contributed by atoms with E-state index in [0.29, 0.717) is 5.82 Å². The maximum absolute atomic E-state index is 5.31. The molecule has 62 heavy (non-hydrogen) atoms. The van der Waals surface area contributed by atoms with E-state index < -0.39 is 0 Å². The first-order valence-corrected chi connectivity index (χ1v) is 20.9. The Labute approximate surface area is 360 Å². The van der Waals surface area contributed by atoms with E-state index in [2.05, 4.69) is 194 Å². The first-order valence-electron chi connectivity index (χ1n) is 20.9. The highest BCUT2D eigenvalue weighted by Crippen LogP contribution is 2.38. The van der Waals surface area contributed by atoms with Gasteiger partial charge in [0.25, 0.3) is 0 Å². The highest BCUT2D eigenvalue weighted by atomic mass is 14.9. The zero-order chi connectivity index (χ0) is 41.2. The second-order valence-electron chi connectivity index (χ2n) is 15.4. The van der Waals surface area contributed by atoms with Crippen LogP contribution in [0.3, 0.4) is 0 Å². The van der Waals surface area contributed by atoms with E-state index in [0.717, 1.165) is 94.7 Å². The molecule has 4 nitrogen and oxygen atoms in total. The van der Waals surface area contributed by atoms with E-state index in [1.54, 1.807) is 0 Å². The third-order valence-corrected chi connectivity index (χ3v) is 11.5. The van der Waals surface area contributed by atoms with Gasteiger partial charge in [0.2, 0.25) is 0 Å². The average molecular weight is 791 g/mol. The molecule has 8 aromatic carbocycles. The van der Waals surface area contributed by atoms with Crippen LogP contribution in [-0.2, 0) is 0 Å². The second-order valence-corrected chi connectivity index (χ2v) is 15.4. The van der Waals surface area contributed by atoms with Gasteiger partial charge in [-0.2, -0.15) is 0 Å². The van der Waals surface area contributed by atoms with Gasteiger partial charge in [0.1, 0.15) is 0 Å². The summed E-state index contributed by atoms with van der Waals surface area (Å²) in [5.41, 5.74) is 17.3. The van der Waals surface area contributed by atoms with Gasteiger partial charge >= 0.3 is 0 Å². The lowest BCUT2D eigenvalue weighted by Gasteiger charge is -2.14. The number of benzene rings is 8. The van der Waals surface area contributed by atoms with Crippen molar-refractivity contribution in [3.05, 3.63) is 231 Å². The monoisotopic (exact) mass is 790 g/mol. The third-order valence-electron chi connectivity index (χ3n) is 11.5. The van der Waals surface area contributed by atoms with Crippen LogP contribution in [0.1, 0.15) is 0 Å². The van der Waals surface area contributed by atoms with Crippen LogP contribution < -0.4 is 0 Å². The van der Waals surface area contributed by atoms with Gasteiger partial charge in [0, 0.05) is 38.6 Å². The number of pyridine rings is 2. The molecule has 0 saturated carbocycles. The fourth-order valence-corrected chi connectivity index (χ4v) is 8.26. The molecule has 3 heterocycles. The van der Waals surface area contributed by atoms with E-state index in [9.17, 15) is 0 Å². The maximum Gasteiger partial charge on any atom is 0.160 e. The van der Waals surface area contributed by atoms with Gasteiger partial charge in [0.15, 0.2) is 5.82 Å². The summed E-state index contributed by atoms with van der Waals surface area (Å²) in [6.45, 7) is 0. The Balaban J connectivity index is 0.978. The Hall–Kier alpha value is -8.34. The Morgan fingerprint density at radius 1 is 0.226 bits per heavy atom. The zero-order valence-corrected chi connectivity index (χ0v) is 33.7. The fourth-order valence-electron chi connectivity index (χ4n) is 8.26. The predicted molar refractivity (Wildman–Crippen MR) is 256 cm³/mol. The summed E-state index contributed by atoms with van der Waals surface area (Å²) >= 11 is 0. The highest BCUT2D eigenvalue weighted by Gasteiger charge is 2.16. The van der Waals surface area contributed by atoms with Crippen LogP contribution in [0.25, 0.3) is 112 Å². The standard InChI is InChI=1S/C58H38N4/c1-5-14-39(15-6-1)40-24-28-45(29-25-40)55-38-54(44-20-11-4-12-21-44)61-58(62-55)47-30-26-41(27-31-47)48-22-13-23-49(36-48)51-37-53(43-18-9-3-10-19-43)60-57-50(51)34-32-46-33-35-52(59-56(46)57)42-16-7-2-8-17-42/h1-38H. The molecular formula is C58H38N4. The minimum atomic E-state index is 0.682. The summed E-state index contributed by atoms with van der Waals surface area (Å²) in [5, 5.41) is 2.12. The molecule has 0 aliphatic carbocycles. The van der Waals surface area contributed by atoms with E-state index in [4.69, 9.17) is 19.9 Å². The van der Waals surface area contributed by atoms with Crippen LogP contribution in [0.5, 0.6) is 0 Å². The minimum absolute atomic E-state index is 0.682. The largest absolute Gasteiger partial charge is 0.245 e. The van der Waals surface area contributed by atoms with E-state index in [1.807, 2.05) is 36.4 Å². The molecule has 0 aliphatic heterocycles. The average Bonchev–Trinajstić information content (AvgIpc) is 3.37. The van der Waals surface area contributed by atoms with Crippen molar-refractivity contribution in [3.8, 4) is 89.8 Å². The van der Waals surface area contributed by atoms with Gasteiger partial charge in [-0.25, -0.2) is 19.9 Å². The molecule has 0 atom stereocenters. The zero-order valence-electron chi connectivity index (χ0n) is 33.7. The van der Waals surface area contributed by atoms with Gasteiger partial charge in [-0.15, -0.1) is 0 Å². The Bertz CT molecular complexity index is 3350. The van der Waals surface area contributed by atoms with Crippen molar-refractivity contribution in [2.45, 2.75) is 0 Å². The normalized spacial score (nSPS) is 11.2. The van der Waals surface area contributed by atoms with Gasteiger partial charge in [-0.3, -0.25) is 0 Å². The molecule has 3 aromatic heterocycles. The van der Waals surface area contributed by atoms with Crippen LogP contribution in [0.4, 0.5) is 0 Å². The number of rotatable bonds is 8. The number of hydrogen-bond donors (Lipinski definition) is 0. The Morgan fingerprint density at radius 3 is 1.26 bits per heavy atom. The summed E-state index contributed by atoms with van der Waals surface area (Å²) < 4.78 is 0. The van der Waals surface area contributed by atoms with Crippen molar-refractivity contribution in [3.63, 3.8) is 0 Å². The number of nitrogens with zero attached hydrogens (tertiary/aromatic N) is 4. The van der Waals surface area contributed by atoms with Gasteiger partial charge in [0.05, 0.1) is 33.8 Å². The molecule has 11 rings (SSSR count). The van der Waals surface area contributed by atoms with Crippen LogP contribution in [0.15, 0.2) is 231 Å². The summed E-state index contributed by atoms with van der Waals surface area (Å²) in [7, 11) is 0. The minimum Gasteiger partial charge on any atom is -0.245 e. The van der Waals surface area contributed by atoms with Gasteiger partial charge < -0.3 is 0 Å². The SMILES string of the molecule is c1ccc(-c2ccc(-c3cc(-c4ccccc4)nc(-c4ccc(-c5cccc(-c6cc(-c7ccccc7)nc7c6ccc6ccc(-c8ccccc8)nc67)c5)cc4)n3)cc2)cc1. The molecule has 0 aliphatic rings. The lowest BCUT2D eigenvalue weighted by molar-refractivity contribution is 1.18. The predicted octanol–water partition coefficient (Wildman–Crippen LogP) is 14.9. The van der Waals surface area contributed by atoms with Gasteiger partial charge in [-0.05, 0) is 57.6 Å². The van der Waals surface area contributed by atoms with Crippen molar-refractivity contribution < 1.29 is 0 Å². The van der Waals surface area contributed by atoms with Crippen molar-refractivity contribution >= 4 is 21.8 Å². The van der Waals surface area contributed by atoms with Crippen molar-refractivity contribution in [1.82, 2.24) is 19.9 Å². The number of fused-ring (bicyclic) bond motifs is 3. The van der Waals surface area contributed by atoms with E-state index in [-0.39, 0.29) is 0 Å². The first kappa shape index (κ1) is 36.7. The lowest BCUT2D eigenvalue weighted by atomic mass is 9.94. The van der Waals surface area contributed by atoms with Gasteiger partial charge in [-0.1, -0.05) is 206 Å². The molecule has 0 unspecified atom stereocenters. The fraction of sp³-hybridized carbons (Fsp3) is 0. The van der Waals surface area contributed by atoms with Crippen molar-refractivity contribution in [2.24, 2.45) is 0 Å². The van der Waals surface area contributed by atoms with Crippen molar-refractivity contribution in [1.29, 1.82) is 0 Å². The molecule has 290 valence electrons. The molecule has 0 saturated heterocycles. The first-order chi connectivity index (χ1) is 30.7. The molecule has 0 radical (unpaired) electrons. The third kappa shape index (κ3) is 7.20. The summed E-state index contributed by atoms with van der Waals surface area (Å²) in [6, 6.07) is 80.4. The molecule has 11 aromatic rings. The van der Waals surface area contributed by atoms with E-state index >= 15 is 0 Å². The summed E-state index contributed by atoms with van der Waals surface area (Å²) in [6.07, 6.45) is 0. The molecule has 0 bridgehead atoms. The Morgan fingerprint density at radius 2 is 0.645 bits per heavy atom. The summed E-state index contributed by atoms with van der Waals surface area (Å²) in [4.78, 5) is 20.8. The lowest BCUT2D eigenvalue weighted by Crippen LogP contribution is -1.96. The molecule has 0 N–H and O–H groups in total. The van der Waals surface area contributed by atoms with E-state index in [1.165, 1.54) is 11.1 Å².